The van der Waals surface area contributed by atoms with E-state index in [-0.39, 0.29) is 0 Å². The number of esters is 4. The minimum absolute atomic E-state index is 0.447. The lowest BCUT2D eigenvalue weighted by atomic mass is 10.2. The standard InChI is InChI=1S/C14H12Cl2O8/c1-5(17)21-11-9(15)13(23-7(3)19)14(24-8(4)20)10(16)12(11)22-6(2)18/h1-4H3. The van der Waals surface area contributed by atoms with Crippen molar-refractivity contribution >= 4 is 47.1 Å². The quantitative estimate of drug-likeness (QED) is 0.581. The Labute approximate surface area is 146 Å². The van der Waals surface area contributed by atoms with Crippen LogP contribution >= 0.6 is 23.2 Å². The van der Waals surface area contributed by atoms with E-state index in [4.69, 9.17) is 42.1 Å². The molecule has 0 radical (unpaired) electrons. The van der Waals surface area contributed by atoms with Crippen LogP contribution in [0.4, 0.5) is 0 Å². The third-order valence-electron chi connectivity index (χ3n) is 2.19. The molecule has 8 nitrogen and oxygen atoms in total. The number of halogens is 2. The molecule has 1 aromatic rings. The van der Waals surface area contributed by atoms with Crippen LogP contribution in [0.25, 0.3) is 0 Å². The summed E-state index contributed by atoms with van der Waals surface area (Å²) in [6.07, 6.45) is 0. The van der Waals surface area contributed by atoms with Gasteiger partial charge in [0.05, 0.1) is 0 Å². The Morgan fingerprint density at radius 1 is 0.542 bits per heavy atom. The van der Waals surface area contributed by atoms with Gasteiger partial charge in [-0.3, -0.25) is 19.2 Å². The van der Waals surface area contributed by atoms with E-state index >= 15 is 0 Å². The van der Waals surface area contributed by atoms with Crippen molar-refractivity contribution in [3.8, 4) is 23.0 Å². The summed E-state index contributed by atoms with van der Waals surface area (Å²) in [4.78, 5) is 45.0. The second-order valence-corrected chi connectivity index (χ2v) is 5.07. The lowest BCUT2D eigenvalue weighted by Gasteiger charge is -2.18. The van der Waals surface area contributed by atoms with E-state index < -0.39 is 56.9 Å². The van der Waals surface area contributed by atoms with E-state index in [1.54, 1.807) is 0 Å². The molecular formula is C14H12Cl2O8. The first-order valence-corrected chi connectivity index (χ1v) is 7.08. The van der Waals surface area contributed by atoms with E-state index in [2.05, 4.69) is 0 Å². The Kier molecular flexibility index (Phi) is 6.56. The van der Waals surface area contributed by atoms with Crippen molar-refractivity contribution in [2.75, 3.05) is 0 Å². The monoisotopic (exact) mass is 378 g/mol. The van der Waals surface area contributed by atoms with Crippen LogP contribution in [0.15, 0.2) is 0 Å². The average molecular weight is 379 g/mol. The molecule has 0 heterocycles. The van der Waals surface area contributed by atoms with Crippen molar-refractivity contribution in [1.29, 1.82) is 0 Å². The van der Waals surface area contributed by atoms with Crippen molar-refractivity contribution < 1.29 is 38.1 Å². The fourth-order valence-corrected chi connectivity index (χ4v) is 2.04. The van der Waals surface area contributed by atoms with Gasteiger partial charge in [0.15, 0.2) is 23.0 Å². The zero-order valence-electron chi connectivity index (χ0n) is 13.0. The van der Waals surface area contributed by atoms with Gasteiger partial charge < -0.3 is 18.9 Å². The second-order valence-electron chi connectivity index (χ2n) is 4.32. The zero-order chi connectivity index (χ0) is 18.6. The number of ether oxygens (including phenoxy) is 4. The molecule has 0 atom stereocenters. The molecule has 0 aromatic heterocycles. The normalized spacial score (nSPS) is 9.92. The van der Waals surface area contributed by atoms with Crippen LogP contribution in [0.2, 0.25) is 10.0 Å². The molecule has 0 saturated heterocycles. The summed E-state index contributed by atoms with van der Waals surface area (Å²) in [5.41, 5.74) is 0. The highest BCUT2D eigenvalue weighted by molar-refractivity contribution is 6.38. The van der Waals surface area contributed by atoms with Crippen LogP contribution in [0, 0.1) is 0 Å². The predicted octanol–water partition coefficient (Wildman–Crippen LogP) is 2.69. The second kappa shape index (κ2) is 7.98. The third-order valence-corrected chi connectivity index (χ3v) is 2.88. The highest BCUT2D eigenvalue weighted by Gasteiger charge is 2.30. The predicted molar refractivity (Wildman–Crippen MR) is 81.7 cm³/mol. The summed E-state index contributed by atoms with van der Waals surface area (Å²) in [6, 6.07) is 0. The highest BCUT2D eigenvalue weighted by Crippen LogP contribution is 2.54. The maximum Gasteiger partial charge on any atom is 0.308 e. The van der Waals surface area contributed by atoms with Gasteiger partial charge in [-0.1, -0.05) is 23.2 Å². The van der Waals surface area contributed by atoms with E-state index in [0.29, 0.717) is 0 Å². The summed E-state index contributed by atoms with van der Waals surface area (Å²) in [6.45, 7) is 4.25. The van der Waals surface area contributed by atoms with E-state index in [1.165, 1.54) is 0 Å². The molecule has 0 saturated carbocycles. The lowest BCUT2D eigenvalue weighted by Crippen LogP contribution is -2.12. The van der Waals surface area contributed by atoms with Gasteiger partial charge in [0.1, 0.15) is 10.0 Å². The van der Waals surface area contributed by atoms with E-state index in [9.17, 15) is 19.2 Å². The SMILES string of the molecule is CC(=O)Oc1c(Cl)c(OC(C)=O)c(OC(C)=O)c(Cl)c1OC(C)=O. The molecule has 0 amide bonds. The Hall–Kier alpha value is -2.32. The number of hydrogen-bond donors (Lipinski definition) is 0. The Balaban J connectivity index is 3.76. The Bertz CT molecular complexity index is 608. The molecule has 24 heavy (non-hydrogen) atoms. The number of hydrogen-bond acceptors (Lipinski definition) is 8. The van der Waals surface area contributed by atoms with Crippen molar-refractivity contribution in [1.82, 2.24) is 0 Å². The summed E-state index contributed by atoms with van der Waals surface area (Å²) in [7, 11) is 0. The number of carbonyl (C=O) groups excluding carboxylic acids is 4. The number of benzene rings is 1. The van der Waals surface area contributed by atoms with Gasteiger partial charge in [-0.25, -0.2) is 0 Å². The van der Waals surface area contributed by atoms with Crippen molar-refractivity contribution in [2.24, 2.45) is 0 Å². The van der Waals surface area contributed by atoms with Crippen LogP contribution in [-0.4, -0.2) is 23.9 Å². The molecule has 0 bridgehead atoms. The van der Waals surface area contributed by atoms with E-state index in [0.717, 1.165) is 27.7 Å². The fraction of sp³-hybridized carbons (Fsp3) is 0.286. The van der Waals surface area contributed by atoms with Crippen molar-refractivity contribution in [3.05, 3.63) is 10.0 Å². The van der Waals surface area contributed by atoms with Crippen molar-refractivity contribution in [2.45, 2.75) is 27.7 Å². The number of rotatable bonds is 4. The average Bonchev–Trinajstić information content (AvgIpc) is 2.42. The maximum absolute atomic E-state index is 11.3. The molecule has 1 aromatic carbocycles. The van der Waals surface area contributed by atoms with E-state index in [1.807, 2.05) is 0 Å². The summed E-state index contributed by atoms with van der Waals surface area (Å²) < 4.78 is 19.5. The first-order valence-electron chi connectivity index (χ1n) is 6.33. The van der Waals surface area contributed by atoms with Crippen LogP contribution in [0.1, 0.15) is 27.7 Å². The summed E-state index contributed by atoms with van der Waals surface area (Å²) in [5.74, 6) is -5.09. The van der Waals surface area contributed by atoms with Gasteiger partial charge in [-0.2, -0.15) is 0 Å². The molecule has 0 unspecified atom stereocenters. The molecule has 0 aliphatic heterocycles. The number of carbonyl (C=O) groups is 4. The van der Waals surface area contributed by atoms with Gasteiger partial charge >= 0.3 is 23.9 Å². The summed E-state index contributed by atoms with van der Waals surface area (Å²) in [5, 5.41) is -0.894. The smallest absolute Gasteiger partial charge is 0.308 e. The molecule has 0 aliphatic carbocycles. The van der Waals surface area contributed by atoms with Gasteiger partial charge in [-0.05, 0) is 0 Å². The van der Waals surface area contributed by atoms with Gasteiger partial charge in [0, 0.05) is 27.7 Å². The van der Waals surface area contributed by atoms with Crippen LogP contribution in [0.3, 0.4) is 0 Å². The molecule has 0 spiro atoms. The topological polar surface area (TPSA) is 105 Å². The first kappa shape index (κ1) is 19.7. The minimum atomic E-state index is -0.810. The van der Waals surface area contributed by atoms with Gasteiger partial charge in [0.25, 0.3) is 0 Å². The van der Waals surface area contributed by atoms with Gasteiger partial charge in [-0.15, -0.1) is 0 Å². The molecule has 1 rings (SSSR count). The third kappa shape index (κ3) is 4.84. The largest absolute Gasteiger partial charge is 0.421 e. The molecule has 0 N–H and O–H groups in total. The molecular weight excluding hydrogens is 367 g/mol. The molecule has 0 aliphatic rings. The van der Waals surface area contributed by atoms with Crippen LogP contribution < -0.4 is 18.9 Å². The molecule has 10 heteroatoms. The lowest BCUT2D eigenvalue weighted by molar-refractivity contribution is -0.135. The summed E-state index contributed by atoms with van der Waals surface area (Å²) >= 11 is 12.1. The molecule has 0 fully saturated rings. The maximum atomic E-state index is 11.3. The minimum Gasteiger partial charge on any atom is -0.421 e. The highest BCUT2D eigenvalue weighted by atomic mass is 35.5. The Morgan fingerprint density at radius 2 is 0.708 bits per heavy atom. The molecule has 130 valence electrons. The zero-order valence-corrected chi connectivity index (χ0v) is 14.5. The van der Waals surface area contributed by atoms with Crippen molar-refractivity contribution in [3.63, 3.8) is 0 Å². The Morgan fingerprint density at radius 3 is 0.833 bits per heavy atom. The van der Waals surface area contributed by atoms with Crippen LogP contribution in [0.5, 0.6) is 23.0 Å². The fourth-order valence-electron chi connectivity index (χ4n) is 1.54. The first-order chi connectivity index (χ1) is 11.0. The van der Waals surface area contributed by atoms with Gasteiger partial charge in [0.2, 0.25) is 0 Å². The van der Waals surface area contributed by atoms with Crippen LogP contribution in [-0.2, 0) is 19.2 Å².